The number of aliphatic hydroxyl groups excluding tert-OH is 1. The van der Waals surface area contributed by atoms with E-state index in [4.69, 9.17) is 5.11 Å². The van der Waals surface area contributed by atoms with Crippen molar-refractivity contribution >= 4 is 5.97 Å². The van der Waals surface area contributed by atoms with Crippen LogP contribution < -0.4 is 0 Å². The van der Waals surface area contributed by atoms with Gasteiger partial charge in [0.1, 0.15) is 5.60 Å². The van der Waals surface area contributed by atoms with Gasteiger partial charge in [0.15, 0.2) is 6.10 Å². The lowest BCUT2D eigenvalue weighted by atomic mass is 10.2. The summed E-state index contributed by atoms with van der Waals surface area (Å²) in [5.74, 6) is -1.25. The van der Waals surface area contributed by atoms with Crippen molar-refractivity contribution in [3.63, 3.8) is 0 Å². The minimum atomic E-state index is -4.57. The number of ether oxygens (including phenoxy) is 1. The molecule has 1 N–H and O–H groups in total. The molecule has 0 fully saturated rings. The van der Waals surface area contributed by atoms with Crippen LogP contribution in [0.3, 0.4) is 0 Å². The van der Waals surface area contributed by atoms with Gasteiger partial charge in [-0.25, -0.2) is 4.79 Å². The molecule has 0 heterocycles. The van der Waals surface area contributed by atoms with Gasteiger partial charge in [-0.1, -0.05) is 0 Å². The highest BCUT2D eigenvalue weighted by molar-refractivity contribution is 5.74. The van der Waals surface area contributed by atoms with Crippen LogP contribution in [0.1, 0.15) is 27.2 Å². The second-order valence-electron chi connectivity index (χ2n) is 3.87. The monoisotopic (exact) mass is 214 g/mol. The summed E-state index contributed by atoms with van der Waals surface area (Å²) in [5, 5.41) is 8.82. The predicted octanol–water partition coefficient (Wildman–Crippen LogP) is 1.64. The lowest BCUT2D eigenvalue weighted by Gasteiger charge is -2.22. The quantitative estimate of drug-likeness (QED) is 0.711. The Hall–Kier alpha value is -0.780. The summed E-state index contributed by atoms with van der Waals surface area (Å²) in [7, 11) is 0. The number of hydrogen-bond acceptors (Lipinski definition) is 3. The van der Waals surface area contributed by atoms with Crippen LogP contribution in [0.5, 0.6) is 0 Å². The zero-order valence-electron chi connectivity index (χ0n) is 8.18. The van der Waals surface area contributed by atoms with Crippen LogP contribution in [-0.2, 0) is 9.53 Å². The van der Waals surface area contributed by atoms with Crippen molar-refractivity contribution in [2.24, 2.45) is 0 Å². The summed E-state index contributed by atoms with van der Waals surface area (Å²) in [6, 6.07) is 0. The topological polar surface area (TPSA) is 46.5 Å². The first-order valence-corrected chi connectivity index (χ1v) is 3.99. The molecule has 0 aromatic rings. The first-order chi connectivity index (χ1) is 6.01. The molecule has 84 valence electrons. The van der Waals surface area contributed by atoms with Crippen molar-refractivity contribution in [2.75, 3.05) is 0 Å². The fourth-order valence-corrected chi connectivity index (χ4v) is 0.672. The molecule has 0 aromatic carbocycles. The number of hydrogen-bond donors (Lipinski definition) is 1. The van der Waals surface area contributed by atoms with Crippen molar-refractivity contribution in [1.29, 1.82) is 0 Å². The van der Waals surface area contributed by atoms with Crippen LogP contribution in [0.15, 0.2) is 0 Å². The molecule has 14 heavy (non-hydrogen) atoms. The van der Waals surface area contributed by atoms with Crippen LogP contribution in [0, 0.1) is 0 Å². The van der Waals surface area contributed by atoms with Gasteiger partial charge in [-0.3, -0.25) is 0 Å². The molecule has 1 unspecified atom stereocenters. The Morgan fingerprint density at radius 3 is 2.07 bits per heavy atom. The fraction of sp³-hybridized carbons (Fsp3) is 0.875. The third kappa shape index (κ3) is 6.71. The van der Waals surface area contributed by atoms with Gasteiger partial charge in [-0.05, 0) is 20.8 Å². The van der Waals surface area contributed by atoms with Crippen LogP contribution in [-0.4, -0.2) is 29.0 Å². The van der Waals surface area contributed by atoms with Crippen molar-refractivity contribution in [3.8, 4) is 0 Å². The van der Waals surface area contributed by atoms with E-state index in [1.165, 1.54) is 20.8 Å². The molecule has 0 aromatic heterocycles. The molecule has 3 nitrogen and oxygen atoms in total. The van der Waals surface area contributed by atoms with Gasteiger partial charge in [-0.2, -0.15) is 13.2 Å². The predicted molar refractivity (Wildman–Crippen MR) is 42.5 cm³/mol. The third-order valence-electron chi connectivity index (χ3n) is 1.10. The number of esters is 1. The maximum atomic E-state index is 11.7. The van der Waals surface area contributed by atoms with E-state index in [2.05, 4.69) is 4.74 Å². The summed E-state index contributed by atoms with van der Waals surface area (Å²) < 4.78 is 39.8. The number of carbonyl (C=O) groups is 1. The first-order valence-electron chi connectivity index (χ1n) is 3.99. The van der Waals surface area contributed by atoms with Gasteiger partial charge in [0.05, 0.1) is 6.42 Å². The van der Waals surface area contributed by atoms with E-state index in [0.29, 0.717) is 0 Å². The molecule has 0 bridgehead atoms. The van der Waals surface area contributed by atoms with E-state index >= 15 is 0 Å². The van der Waals surface area contributed by atoms with Crippen LogP contribution in [0.25, 0.3) is 0 Å². The Morgan fingerprint density at radius 2 is 1.79 bits per heavy atom. The zero-order chi connectivity index (χ0) is 11.6. The zero-order valence-corrected chi connectivity index (χ0v) is 8.18. The van der Waals surface area contributed by atoms with E-state index in [-0.39, 0.29) is 0 Å². The number of carbonyl (C=O) groups excluding carboxylic acids is 1. The lowest BCUT2D eigenvalue weighted by molar-refractivity contribution is -0.184. The van der Waals surface area contributed by atoms with Gasteiger partial charge in [0, 0.05) is 0 Å². The Kier molecular flexibility index (Phi) is 3.93. The molecule has 0 saturated heterocycles. The van der Waals surface area contributed by atoms with Crippen molar-refractivity contribution in [2.45, 2.75) is 45.1 Å². The number of aliphatic hydroxyl groups is 1. The molecule has 0 saturated carbocycles. The maximum Gasteiger partial charge on any atom is 0.392 e. The summed E-state index contributed by atoms with van der Waals surface area (Å²) in [6.45, 7) is 4.52. The highest BCUT2D eigenvalue weighted by Gasteiger charge is 2.36. The van der Waals surface area contributed by atoms with Gasteiger partial charge in [0.2, 0.25) is 0 Å². The molecule has 6 heteroatoms. The summed E-state index contributed by atoms with van der Waals surface area (Å²) in [4.78, 5) is 10.9. The highest BCUT2D eigenvalue weighted by Crippen LogP contribution is 2.22. The third-order valence-corrected chi connectivity index (χ3v) is 1.10. The molecular formula is C8H13F3O3. The number of alkyl halides is 3. The molecule has 0 radical (unpaired) electrons. The molecule has 0 aliphatic rings. The average molecular weight is 214 g/mol. The molecule has 0 aliphatic carbocycles. The standard InChI is InChI=1S/C8H13F3O3/c1-7(2,3)14-6(13)5(12)4-8(9,10)11/h5,12H,4H2,1-3H3. The summed E-state index contributed by atoms with van der Waals surface area (Å²) >= 11 is 0. The van der Waals surface area contributed by atoms with Crippen molar-refractivity contribution < 1.29 is 27.8 Å². The first kappa shape index (κ1) is 13.2. The summed E-state index contributed by atoms with van der Waals surface area (Å²) in [6.07, 6.45) is -8.30. The number of halogens is 3. The largest absolute Gasteiger partial charge is 0.458 e. The molecule has 0 aliphatic heterocycles. The minimum absolute atomic E-state index is 0.899. The number of rotatable bonds is 2. The summed E-state index contributed by atoms with van der Waals surface area (Å²) in [5.41, 5.74) is -0.899. The Bertz CT molecular complexity index is 205. The van der Waals surface area contributed by atoms with E-state index in [1.54, 1.807) is 0 Å². The van der Waals surface area contributed by atoms with Crippen molar-refractivity contribution in [1.82, 2.24) is 0 Å². The van der Waals surface area contributed by atoms with Crippen LogP contribution >= 0.6 is 0 Å². The lowest BCUT2D eigenvalue weighted by Crippen LogP contribution is -2.34. The van der Waals surface area contributed by atoms with E-state index < -0.39 is 30.3 Å². The van der Waals surface area contributed by atoms with Gasteiger partial charge < -0.3 is 9.84 Å². The molecule has 0 spiro atoms. The normalized spacial score (nSPS) is 15.1. The highest BCUT2D eigenvalue weighted by atomic mass is 19.4. The van der Waals surface area contributed by atoms with Gasteiger partial charge in [0.25, 0.3) is 0 Å². The Labute approximate surface area is 79.9 Å². The van der Waals surface area contributed by atoms with Gasteiger partial charge >= 0.3 is 12.1 Å². The van der Waals surface area contributed by atoms with E-state index in [1.807, 2.05) is 0 Å². The van der Waals surface area contributed by atoms with Crippen LogP contribution in [0.4, 0.5) is 13.2 Å². The minimum Gasteiger partial charge on any atom is -0.458 e. The van der Waals surface area contributed by atoms with Crippen molar-refractivity contribution in [3.05, 3.63) is 0 Å². The average Bonchev–Trinajstić information content (AvgIpc) is 1.78. The fourth-order valence-electron chi connectivity index (χ4n) is 0.672. The smallest absolute Gasteiger partial charge is 0.392 e. The Morgan fingerprint density at radius 1 is 1.36 bits per heavy atom. The van der Waals surface area contributed by atoms with Crippen LogP contribution in [0.2, 0.25) is 0 Å². The molecular weight excluding hydrogens is 201 g/mol. The molecule has 0 rings (SSSR count). The van der Waals surface area contributed by atoms with E-state index in [9.17, 15) is 18.0 Å². The second kappa shape index (κ2) is 4.16. The molecule has 1 atom stereocenters. The Balaban J connectivity index is 4.15. The van der Waals surface area contributed by atoms with E-state index in [0.717, 1.165) is 0 Å². The molecule has 0 amide bonds. The second-order valence-corrected chi connectivity index (χ2v) is 3.87. The maximum absolute atomic E-state index is 11.7. The SMILES string of the molecule is CC(C)(C)OC(=O)C(O)CC(F)(F)F. The van der Waals surface area contributed by atoms with Gasteiger partial charge in [-0.15, -0.1) is 0 Å².